The van der Waals surface area contributed by atoms with E-state index in [9.17, 15) is 13.6 Å². The van der Waals surface area contributed by atoms with Crippen LogP contribution in [0.3, 0.4) is 0 Å². The molecule has 33 heavy (non-hydrogen) atoms. The Morgan fingerprint density at radius 1 is 1.12 bits per heavy atom. The van der Waals surface area contributed by atoms with Gasteiger partial charge in [-0.1, -0.05) is 12.1 Å². The summed E-state index contributed by atoms with van der Waals surface area (Å²) in [5.41, 5.74) is -0.257. The van der Waals surface area contributed by atoms with Crippen molar-refractivity contribution in [2.45, 2.75) is 88.3 Å². The molecule has 3 saturated heterocycles. The average molecular weight is 468 g/mol. The summed E-state index contributed by atoms with van der Waals surface area (Å²) in [7, 11) is 0. The molecule has 4 aliphatic rings. The van der Waals surface area contributed by atoms with E-state index in [2.05, 4.69) is 17.0 Å². The number of hydrogen-bond donors (Lipinski definition) is 0. The van der Waals surface area contributed by atoms with Crippen LogP contribution < -0.4 is 0 Å². The Morgan fingerprint density at radius 3 is 2.48 bits per heavy atom. The van der Waals surface area contributed by atoms with Gasteiger partial charge in [-0.25, -0.2) is 13.6 Å². The molecule has 10 heteroatoms. The number of nitrogens with zero attached hydrogens (tertiary/aromatic N) is 5. The van der Waals surface area contributed by atoms with Crippen molar-refractivity contribution >= 4 is 6.09 Å². The van der Waals surface area contributed by atoms with E-state index in [-0.39, 0.29) is 42.7 Å². The van der Waals surface area contributed by atoms with Gasteiger partial charge in [0.25, 0.3) is 5.92 Å². The molecule has 0 bridgehead atoms. The zero-order valence-corrected chi connectivity index (χ0v) is 19.6. The number of carbonyl (C=O) groups is 1. The number of amides is 1. The van der Waals surface area contributed by atoms with E-state index in [1.165, 1.54) is 0 Å². The molecule has 4 fully saturated rings. The average Bonchev–Trinajstić information content (AvgIpc) is 3.19. The van der Waals surface area contributed by atoms with Crippen molar-refractivity contribution in [1.29, 1.82) is 0 Å². The lowest BCUT2D eigenvalue weighted by atomic mass is 9.93. The van der Waals surface area contributed by atoms with E-state index < -0.39 is 5.92 Å². The molecule has 2 atom stereocenters. The Kier molecular flexibility index (Phi) is 6.09. The molecular weight excluding hydrogens is 432 g/mol. The summed E-state index contributed by atoms with van der Waals surface area (Å²) in [6.07, 6.45) is 4.77. The monoisotopic (exact) mass is 467 g/mol. The van der Waals surface area contributed by atoms with Crippen LogP contribution >= 0.6 is 0 Å². The maximum atomic E-state index is 13.8. The predicted octanol–water partition coefficient (Wildman–Crippen LogP) is 3.80. The van der Waals surface area contributed by atoms with Gasteiger partial charge in [0.1, 0.15) is 5.60 Å². The number of carbonyl (C=O) groups excluding carboxylic acids is 1. The lowest BCUT2D eigenvalue weighted by Gasteiger charge is -2.42. The van der Waals surface area contributed by atoms with Gasteiger partial charge in [0.15, 0.2) is 5.82 Å². The van der Waals surface area contributed by atoms with Crippen LogP contribution in [0.25, 0.3) is 0 Å². The number of alkyl halides is 2. The topological polar surface area (TPSA) is 74.9 Å². The molecule has 5 rings (SSSR count). The van der Waals surface area contributed by atoms with Gasteiger partial charge < -0.3 is 14.2 Å². The first-order chi connectivity index (χ1) is 15.8. The molecule has 1 aromatic rings. The molecular formula is C23H35F2N5O3. The predicted molar refractivity (Wildman–Crippen MR) is 116 cm³/mol. The Labute approximate surface area is 193 Å². The van der Waals surface area contributed by atoms with Gasteiger partial charge in [-0.15, -0.1) is 0 Å². The van der Waals surface area contributed by atoms with Crippen molar-refractivity contribution in [3.05, 3.63) is 11.7 Å². The molecule has 0 aromatic carbocycles. The standard InChI is InChI=1S/C23H35F2N5O3/c1-3-28-10-6-17(14-18(28)30-13-9-23(24,25)15-30)20-26-19(27-33-20)16-4-11-29(12-5-16)21(31)32-22(2)7-8-22/h16-18H,3-15H2,1-2H3. The number of hydrogen-bond acceptors (Lipinski definition) is 7. The fourth-order valence-corrected chi connectivity index (χ4v) is 5.43. The quantitative estimate of drug-likeness (QED) is 0.652. The third-order valence-corrected chi connectivity index (χ3v) is 7.92. The number of halogens is 2. The van der Waals surface area contributed by atoms with Crippen LogP contribution in [0.2, 0.25) is 0 Å². The SMILES string of the molecule is CCN1CCC(c2nc(C3CCN(C(=O)OC4(C)CC4)CC3)no2)CC1N1CCC(F)(F)C1. The van der Waals surface area contributed by atoms with Crippen LogP contribution in [0.1, 0.15) is 82.3 Å². The highest BCUT2D eigenvalue weighted by molar-refractivity contribution is 5.68. The van der Waals surface area contributed by atoms with Gasteiger partial charge in [0.2, 0.25) is 5.89 Å². The summed E-state index contributed by atoms with van der Waals surface area (Å²) in [5.74, 6) is -1.02. The molecule has 3 aliphatic heterocycles. The molecule has 0 N–H and O–H groups in total. The van der Waals surface area contributed by atoms with Crippen molar-refractivity contribution in [3.63, 3.8) is 0 Å². The van der Waals surface area contributed by atoms with Crippen molar-refractivity contribution in [3.8, 4) is 0 Å². The van der Waals surface area contributed by atoms with E-state index >= 15 is 0 Å². The lowest BCUT2D eigenvalue weighted by Crippen LogP contribution is -2.52. The zero-order chi connectivity index (χ0) is 23.2. The fraction of sp³-hybridized carbons (Fsp3) is 0.870. The third kappa shape index (κ3) is 5.01. The van der Waals surface area contributed by atoms with Gasteiger partial charge >= 0.3 is 6.09 Å². The van der Waals surface area contributed by atoms with Gasteiger partial charge in [0, 0.05) is 44.4 Å². The molecule has 1 amide bonds. The van der Waals surface area contributed by atoms with Crippen molar-refractivity contribution in [1.82, 2.24) is 24.8 Å². The first kappa shape index (κ1) is 23.0. The number of rotatable bonds is 5. The number of likely N-dealkylation sites (tertiary alicyclic amines) is 3. The second-order valence-electron chi connectivity index (χ2n) is 10.5. The summed E-state index contributed by atoms with van der Waals surface area (Å²) in [6.45, 7) is 7.25. The Morgan fingerprint density at radius 2 is 1.85 bits per heavy atom. The Hall–Kier alpha value is -1.81. The van der Waals surface area contributed by atoms with Crippen LogP contribution in [0.5, 0.6) is 0 Å². The highest BCUT2D eigenvalue weighted by atomic mass is 19.3. The molecule has 184 valence electrons. The maximum absolute atomic E-state index is 13.8. The minimum Gasteiger partial charge on any atom is -0.443 e. The van der Waals surface area contributed by atoms with Gasteiger partial charge in [-0.05, 0) is 52.0 Å². The molecule has 4 heterocycles. The summed E-state index contributed by atoms with van der Waals surface area (Å²) < 4.78 is 38.9. The van der Waals surface area contributed by atoms with E-state index in [4.69, 9.17) is 14.2 Å². The number of ether oxygens (including phenoxy) is 1. The summed E-state index contributed by atoms with van der Waals surface area (Å²) >= 11 is 0. The molecule has 8 nitrogen and oxygen atoms in total. The highest BCUT2D eigenvalue weighted by Gasteiger charge is 2.45. The highest BCUT2D eigenvalue weighted by Crippen LogP contribution is 2.40. The van der Waals surface area contributed by atoms with Gasteiger partial charge in [0.05, 0.1) is 12.7 Å². The first-order valence-corrected chi connectivity index (χ1v) is 12.4. The van der Waals surface area contributed by atoms with E-state index in [0.717, 1.165) is 51.6 Å². The second-order valence-corrected chi connectivity index (χ2v) is 10.5. The molecule has 1 saturated carbocycles. The zero-order valence-electron chi connectivity index (χ0n) is 19.6. The van der Waals surface area contributed by atoms with E-state index in [1.54, 1.807) is 4.90 Å². The van der Waals surface area contributed by atoms with E-state index in [0.29, 0.717) is 31.3 Å². The smallest absolute Gasteiger partial charge is 0.410 e. The number of aromatic nitrogens is 2. The molecule has 1 aliphatic carbocycles. The van der Waals surface area contributed by atoms with E-state index in [1.807, 2.05) is 11.8 Å². The lowest BCUT2D eigenvalue weighted by molar-refractivity contribution is -0.0249. The Bertz CT molecular complexity index is 853. The third-order valence-electron chi connectivity index (χ3n) is 7.92. The van der Waals surface area contributed by atoms with Crippen molar-refractivity contribution < 1.29 is 22.8 Å². The van der Waals surface area contributed by atoms with Crippen LogP contribution in [0.4, 0.5) is 13.6 Å². The molecule has 0 radical (unpaired) electrons. The first-order valence-electron chi connectivity index (χ1n) is 12.4. The van der Waals surface area contributed by atoms with Crippen molar-refractivity contribution in [2.24, 2.45) is 0 Å². The van der Waals surface area contributed by atoms with Crippen LogP contribution in [0, 0.1) is 0 Å². The minimum absolute atomic E-state index is 0.0138. The van der Waals surface area contributed by atoms with Gasteiger partial charge in [-0.2, -0.15) is 4.98 Å². The molecule has 1 aromatic heterocycles. The van der Waals surface area contributed by atoms with Gasteiger partial charge in [-0.3, -0.25) is 9.80 Å². The Balaban J connectivity index is 1.18. The molecule has 0 spiro atoms. The largest absolute Gasteiger partial charge is 0.443 e. The fourth-order valence-electron chi connectivity index (χ4n) is 5.43. The van der Waals surface area contributed by atoms with Crippen LogP contribution in [-0.4, -0.2) is 87.9 Å². The minimum atomic E-state index is -2.60. The number of piperidine rings is 2. The van der Waals surface area contributed by atoms with Crippen LogP contribution in [-0.2, 0) is 4.74 Å². The van der Waals surface area contributed by atoms with Crippen LogP contribution in [0.15, 0.2) is 4.52 Å². The summed E-state index contributed by atoms with van der Waals surface area (Å²) in [6, 6.07) is 0. The summed E-state index contributed by atoms with van der Waals surface area (Å²) in [4.78, 5) is 23.1. The second kappa shape index (κ2) is 8.76. The maximum Gasteiger partial charge on any atom is 0.410 e. The molecule has 2 unspecified atom stereocenters. The van der Waals surface area contributed by atoms with Crippen molar-refractivity contribution in [2.75, 3.05) is 39.3 Å². The summed E-state index contributed by atoms with van der Waals surface area (Å²) in [5, 5.41) is 4.27. The normalized spacial score (nSPS) is 30.5.